The predicted molar refractivity (Wildman–Crippen MR) is 110 cm³/mol. The Morgan fingerprint density at radius 3 is 2.73 bits per heavy atom. The molecular formula is C23H23FN4O2. The first kappa shape index (κ1) is 18.8. The first-order valence-corrected chi connectivity index (χ1v) is 10.3. The summed E-state index contributed by atoms with van der Waals surface area (Å²) >= 11 is 0. The van der Waals surface area contributed by atoms with Crippen LogP contribution in [0.4, 0.5) is 9.18 Å². The molecule has 1 unspecified atom stereocenters. The molecule has 0 spiro atoms. The maximum absolute atomic E-state index is 13.6. The molecule has 2 aromatic carbocycles. The lowest BCUT2D eigenvalue weighted by molar-refractivity contribution is -0.131. The van der Waals surface area contributed by atoms with E-state index in [1.165, 1.54) is 28.2 Å². The topological polar surface area (TPSA) is 67.2 Å². The van der Waals surface area contributed by atoms with Crippen LogP contribution in [0, 0.1) is 5.82 Å². The van der Waals surface area contributed by atoms with Gasteiger partial charge in [0.05, 0.1) is 17.6 Å². The first-order chi connectivity index (χ1) is 14.4. The molecular weight excluding hydrogens is 383 g/mol. The Balaban J connectivity index is 1.49. The molecule has 6 nitrogen and oxygen atoms in total. The maximum Gasteiger partial charge on any atom is 0.325 e. The zero-order valence-electron chi connectivity index (χ0n) is 17.0. The zero-order chi connectivity index (χ0) is 21.0. The number of fused-ring (bicyclic) bond motifs is 2. The minimum Gasteiger partial charge on any atom is -0.327 e. The van der Waals surface area contributed by atoms with Crippen LogP contribution in [0.25, 0.3) is 11.0 Å². The molecule has 3 amide bonds. The molecule has 1 N–H and O–H groups in total. The molecule has 7 heteroatoms. The van der Waals surface area contributed by atoms with Gasteiger partial charge in [0.2, 0.25) is 0 Å². The summed E-state index contributed by atoms with van der Waals surface area (Å²) < 4.78 is 15.5. The van der Waals surface area contributed by atoms with E-state index in [9.17, 15) is 14.0 Å². The molecule has 1 aliphatic carbocycles. The summed E-state index contributed by atoms with van der Waals surface area (Å²) in [6.07, 6.45) is 3.19. The van der Waals surface area contributed by atoms with Gasteiger partial charge in [0.1, 0.15) is 17.2 Å². The lowest BCUT2D eigenvalue weighted by Gasteiger charge is -2.23. The minimum absolute atomic E-state index is 0.0370. The highest BCUT2D eigenvalue weighted by Gasteiger charge is 2.49. The van der Waals surface area contributed by atoms with Crippen molar-refractivity contribution in [2.75, 3.05) is 0 Å². The highest BCUT2D eigenvalue weighted by molar-refractivity contribution is 6.07. The number of carbonyl (C=O) groups excluding carboxylic acids is 2. The number of aromatic nitrogens is 2. The monoisotopic (exact) mass is 406 g/mol. The van der Waals surface area contributed by atoms with Crippen LogP contribution < -0.4 is 5.32 Å². The Morgan fingerprint density at radius 2 is 1.93 bits per heavy atom. The number of benzene rings is 2. The molecule has 0 saturated carbocycles. The number of imidazole rings is 1. The third-order valence-electron chi connectivity index (χ3n) is 6.36. The smallest absolute Gasteiger partial charge is 0.325 e. The van der Waals surface area contributed by atoms with Crippen LogP contribution in [0.2, 0.25) is 0 Å². The van der Waals surface area contributed by atoms with Gasteiger partial charge in [0, 0.05) is 12.6 Å². The molecule has 30 heavy (non-hydrogen) atoms. The Kier molecular flexibility index (Phi) is 4.17. The molecule has 1 fully saturated rings. The Morgan fingerprint density at radius 1 is 1.13 bits per heavy atom. The predicted octanol–water partition coefficient (Wildman–Crippen LogP) is 3.65. The number of aryl methyl sites for hydroxylation is 3. The van der Waals surface area contributed by atoms with E-state index in [4.69, 9.17) is 0 Å². The number of amides is 3. The Bertz CT molecular complexity index is 1200. The second kappa shape index (κ2) is 6.65. The van der Waals surface area contributed by atoms with Gasteiger partial charge in [-0.3, -0.25) is 9.69 Å². The van der Waals surface area contributed by atoms with Crippen molar-refractivity contribution >= 4 is 23.0 Å². The normalized spacial score (nSPS) is 20.8. The molecule has 0 radical (unpaired) electrons. The van der Waals surface area contributed by atoms with Crippen LogP contribution in [0.5, 0.6) is 0 Å². The van der Waals surface area contributed by atoms with Gasteiger partial charge in [-0.2, -0.15) is 0 Å². The molecule has 5 rings (SSSR count). The van der Waals surface area contributed by atoms with Crippen molar-refractivity contribution in [2.45, 2.75) is 51.7 Å². The molecule has 154 valence electrons. The summed E-state index contributed by atoms with van der Waals surface area (Å²) in [5.74, 6) is -0.111. The maximum atomic E-state index is 13.6. The number of hydrogen-bond acceptors (Lipinski definition) is 3. The third kappa shape index (κ3) is 2.72. The summed E-state index contributed by atoms with van der Waals surface area (Å²) in [6, 6.07) is 10.0. The van der Waals surface area contributed by atoms with Gasteiger partial charge < -0.3 is 9.88 Å². The fourth-order valence-corrected chi connectivity index (χ4v) is 4.69. The van der Waals surface area contributed by atoms with E-state index in [1.807, 2.05) is 23.6 Å². The van der Waals surface area contributed by atoms with Gasteiger partial charge in [-0.15, -0.1) is 0 Å². The quantitative estimate of drug-likeness (QED) is 0.673. The molecule has 2 heterocycles. The van der Waals surface area contributed by atoms with Gasteiger partial charge in [-0.1, -0.05) is 18.2 Å². The van der Waals surface area contributed by atoms with E-state index < -0.39 is 11.6 Å². The summed E-state index contributed by atoms with van der Waals surface area (Å²) in [5, 5.41) is 2.88. The minimum atomic E-state index is -1.11. The fraction of sp³-hybridized carbons (Fsp3) is 0.348. The van der Waals surface area contributed by atoms with Gasteiger partial charge in [0.15, 0.2) is 0 Å². The van der Waals surface area contributed by atoms with Gasteiger partial charge in [0.25, 0.3) is 5.91 Å². The van der Waals surface area contributed by atoms with Crippen LogP contribution in [0.15, 0.2) is 36.4 Å². The number of urea groups is 1. The van der Waals surface area contributed by atoms with Crippen molar-refractivity contribution in [3.05, 3.63) is 64.7 Å². The van der Waals surface area contributed by atoms with E-state index in [0.717, 1.165) is 30.3 Å². The average Bonchev–Trinajstić information content (AvgIpc) is 3.38. The Labute approximate surface area is 173 Å². The second-order valence-corrected chi connectivity index (χ2v) is 8.19. The average molecular weight is 406 g/mol. The number of rotatable bonds is 4. The van der Waals surface area contributed by atoms with Crippen molar-refractivity contribution < 1.29 is 14.0 Å². The van der Waals surface area contributed by atoms with Crippen molar-refractivity contribution in [1.29, 1.82) is 0 Å². The van der Waals surface area contributed by atoms with Crippen LogP contribution in [0.1, 0.15) is 42.8 Å². The molecule has 1 atom stereocenters. The van der Waals surface area contributed by atoms with Crippen molar-refractivity contribution in [2.24, 2.45) is 0 Å². The number of halogens is 1. The standard InChI is InChI=1S/C23H23FN4O2/c1-3-27-19-10-9-17(24)12-18(19)25-20(27)13-28-21(29)23(2,26-22(28)30)16-8-7-14-5-4-6-15(14)11-16/h7-12H,3-6,13H2,1-2H3,(H,26,30). The molecule has 3 aromatic rings. The number of nitrogens with one attached hydrogen (secondary N) is 1. The summed E-state index contributed by atoms with van der Waals surface area (Å²) in [7, 11) is 0. The molecule has 1 aromatic heterocycles. The van der Waals surface area contributed by atoms with E-state index in [1.54, 1.807) is 13.0 Å². The highest BCUT2D eigenvalue weighted by atomic mass is 19.1. The number of imide groups is 1. The van der Waals surface area contributed by atoms with Crippen LogP contribution in [0.3, 0.4) is 0 Å². The van der Waals surface area contributed by atoms with E-state index >= 15 is 0 Å². The van der Waals surface area contributed by atoms with Crippen molar-refractivity contribution in [1.82, 2.24) is 19.8 Å². The molecule has 2 aliphatic rings. The fourth-order valence-electron chi connectivity index (χ4n) is 4.69. The van der Waals surface area contributed by atoms with Gasteiger partial charge in [-0.05, 0) is 61.9 Å². The SMILES string of the molecule is CCn1c(CN2C(=O)NC(C)(c3ccc4c(c3)CCC4)C2=O)nc2cc(F)ccc21. The van der Waals surface area contributed by atoms with Gasteiger partial charge >= 0.3 is 6.03 Å². The van der Waals surface area contributed by atoms with E-state index in [0.29, 0.717) is 17.9 Å². The summed E-state index contributed by atoms with van der Waals surface area (Å²) in [5.41, 5.74) is 3.56. The molecule has 1 aliphatic heterocycles. The molecule has 0 bridgehead atoms. The van der Waals surface area contributed by atoms with Crippen LogP contribution in [-0.2, 0) is 36.3 Å². The highest BCUT2D eigenvalue weighted by Crippen LogP contribution is 2.33. The van der Waals surface area contributed by atoms with Crippen LogP contribution >= 0.6 is 0 Å². The largest absolute Gasteiger partial charge is 0.327 e. The first-order valence-electron chi connectivity index (χ1n) is 10.3. The summed E-state index contributed by atoms with van der Waals surface area (Å²) in [4.78, 5) is 31.8. The Hall–Kier alpha value is -3.22. The van der Waals surface area contributed by atoms with Crippen molar-refractivity contribution in [3.8, 4) is 0 Å². The van der Waals surface area contributed by atoms with E-state index in [-0.39, 0.29) is 18.3 Å². The zero-order valence-corrected chi connectivity index (χ0v) is 17.0. The van der Waals surface area contributed by atoms with Crippen LogP contribution in [-0.4, -0.2) is 26.4 Å². The number of hydrogen-bond donors (Lipinski definition) is 1. The van der Waals surface area contributed by atoms with Crippen molar-refractivity contribution in [3.63, 3.8) is 0 Å². The van der Waals surface area contributed by atoms with Gasteiger partial charge in [-0.25, -0.2) is 14.2 Å². The number of carbonyl (C=O) groups is 2. The lowest BCUT2D eigenvalue weighted by Crippen LogP contribution is -2.41. The third-order valence-corrected chi connectivity index (χ3v) is 6.36. The lowest BCUT2D eigenvalue weighted by atomic mass is 9.89. The molecule has 1 saturated heterocycles. The number of nitrogens with zero attached hydrogens (tertiary/aromatic N) is 3. The van der Waals surface area contributed by atoms with E-state index in [2.05, 4.69) is 16.4 Å². The summed E-state index contributed by atoms with van der Waals surface area (Å²) in [6.45, 7) is 4.34. The second-order valence-electron chi connectivity index (χ2n) is 8.19.